The van der Waals surface area contributed by atoms with Gasteiger partial charge in [-0.15, -0.1) is 0 Å². The maximum Gasteiger partial charge on any atom is 0.337 e. The number of hydrogen-bond acceptors (Lipinski definition) is 7. The van der Waals surface area contributed by atoms with Gasteiger partial charge in [-0.2, -0.15) is 0 Å². The number of methoxy groups -OCH3 is 1. The van der Waals surface area contributed by atoms with E-state index in [0.29, 0.717) is 11.5 Å². The zero-order chi connectivity index (χ0) is 18.5. The van der Waals surface area contributed by atoms with Gasteiger partial charge in [0, 0.05) is 11.6 Å². The standard InChI is InChI=1S/C17H13NO7S/c1-23-17(20)15-16(19)11-4-2-3-5-14(11)26(21,22)18(15)10-6-7-12-13(8-10)25-9-24-12/h2-8,15H,9H2,1H3. The molecule has 0 amide bonds. The minimum atomic E-state index is -4.18. The fourth-order valence-corrected chi connectivity index (χ4v) is 4.78. The predicted molar refractivity (Wildman–Crippen MR) is 88.8 cm³/mol. The van der Waals surface area contributed by atoms with Crippen molar-refractivity contribution in [1.82, 2.24) is 0 Å². The van der Waals surface area contributed by atoms with Gasteiger partial charge >= 0.3 is 5.97 Å². The van der Waals surface area contributed by atoms with E-state index in [1.807, 2.05) is 0 Å². The van der Waals surface area contributed by atoms with E-state index in [-0.39, 0.29) is 22.9 Å². The maximum absolute atomic E-state index is 13.2. The highest BCUT2D eigenvalue weighted by Crippen LogP contribution is 2.40. The lowest BCUT2D eigenvalue weighted by molar-refractivity contribution is -0.140. The van der Waals surface area contributed by atoms with Crippen molar-refractivity contribution < 1.29 is 32.2 Å². The highest BCUT2D eigenvalue weighted by atomic mass is 32.2. The summed E-state index contributed by atoms with van der Waals surface area (Å²) in [5.41, 5.74) is 0.0624. The van der Waals surface area contributed by atoms with E-state index in [1.54, 1.807) is 0 Å². The van der Waals surface area contributed by atoms with Gasteiger partial charge in [0.25, 0.3) is 10.0 Å². The number of carbonyl (C=O) groups excluding carboxylic acids is 2. The Hall–Kier alpha value is -3.07. The van der Waals surface area contributed by atoms with Gasteiger partial charge in [0.05, 0.1) is 17.7 Å². The summed E-state index contributed by atoms with van der Waals surface area (Å²) >= 11 is 0. The topological polar surface area (TPSA) is 99.2 Å². The molecule has 0 fully saturated rings. The number of sulfonamides is 1. The first-order chi connectivity index (χ1) is 12.4. The van der Waals surface area contributed by atoms with E-state index in [0.717, 1.165) is 11.4 Å². The van der Waals surface area contributed by atoms with Gasteiger partial charge in [-0.3, -0.25) is 4.79 Å². The van der Waals surface area contributed by atoms with Crippen molar-refractivity contribution in [3.8, 4) is 11.5 Å². The largest absolute Gasteiger partial charge is 0.467 e. The van der Waals surface area contributed by atoms with E-state index < -0.39 is 27.8 Å². The Morgan fingerprint density at radius 2 is 1.88 bits per heavy atom. The van der Waals surface area contributed by atoms with Crippen LogP contribution < -0.4 is 13.8 Å². The Kier molecular flexibility index (Phi) is 3.62. The lowest BCUT2D eigenvalue weighted by atomic mass is 10.0. The molecule has 0 spiro atoms. The minimum Gasteiger partial charge on any atom is -0.467 e. The van der Waals surface area contributed by atoms with Crippen molar-refractivity contribution in [2.75, 3.05) is 18.2 Å². The average Bonchev–Trinajstić information content (AvgIpc) is 3.11. The molecular weight excluding hydrogens is 362 g/mol. The quantitative estimate of drug-likeness (QED) is 0.577. The summed E-state index contributed by atoms with van der Waals surface area (Å²) in [6.45, 7) is 0.00767. The van der Waals surface area contributed by atoms with Crippen LogP contribution in [0.5, 0.6) is 11.5 Å². The summed E-state index contributed by atoms with van der Waals surface area (Å²) < 4.78 is 42.3. The fraction of sp³-hybridized carbons (Fsp3) is 0.176. The van der Waals surface area contributed by atoms with Crippen LogP contribution in [0.2, 0.25) is 0 Å². The molecule has 0 saturated heterocycles. The lowest BCUT2D eigenvalue weighted by Crippen LogP contribution is -2.54. The molecule has 1 atom stereocenters. The van der Waals surface area contributed by atoms with Gasteiger partial charge in [0.15, 0.2) is 17.3 Å². The molecule has 26 heavy (non-hydrogen) atoms. The highest BCUT2D eigenvalue weighted by molar-refractivity contribution is 7.93. The van der Waals surface area contributed by atoms with Crippen molar-refractivity contribution in [3.05, 3.63) is 48.0 Å². The van der Waals surface area contributed by atoms with E-state index in [9.17, 15) is 18.0 Å². The summed E-state index contributed by atoms with van der Waals surface area (Å²) in [7, 11) is -3.08. The van der Waals surface area contributed by atoms with Crippen LogP contribution in [0.25, 0.3) is 0 Å². The van der Waals surface area contributed by atoms with Crippen LogP contribution in [0.4, 0.5) is 5.69 Å². The number of nitrogens with zero attached hydrogens (tertiary/aromatic N) is 1. The molecule has 2 aromatic rings. The summed E-state index contributed by atoms with van der Waals surface area (Å²) in [6, 6.07) is 8.49. The van der Waals surface area contributed by atoms with Crippen molar-refractivity contribution in [2.45, 2.75) is 10.9 Å². The van der Waals surface area contributed by atoms with E-state index in [4.69, 9.17) is 14.2 Å². The van der Waals surface area contributed by atoms with Crippen LogP contribution in [0.1, 0.15) is 10.4 Å². The first-order valence-electron chi connectivity index (χ1n) is 7.60. The van der Waals surface area contributed by atoms with Crippen molar-refractivity contribution in [3.63, 3.8) is 0 Å². The van der Waals surface area contributed by atoms with Crippen LogP contribution in [-0.2, 0) is 19.6 Å². The molecule has 0 aromatic heterocycles. The zero-order valence-corrected chi connectivity index (χ0v) is 14.4. The van der Waals surface area contributed by atoms with Crippen LogP contribution in [0.3, 0.4) is 0 Å². The molecule has 0 radical (unpaired) electrons. The average molecular weight is 375 g/mol. The fourth-order valence-electron chi connectivity index (χ4n) is 3.02. The Morgan fingerprint density at radius 1 is 1.15 bits per heavy atom. The van der Waals surface area contributed by atoms with Gasteiger partial charge in [-0.25, -0.2) is 17.5 Å². The Bertz CT molecular complexity index is 1030. The number of hydrogen-bond donors (Lipinski definition) is 0. The van der Waals surface area contributed by atoms with Crippen LogP contribution in [0.15, 0.2) is 47.4 Å². The lowest BCUT2D eigenvalue weighted by Gasteiger charge is -2.34. The number of carbonyl (C=O) groups is 2. The first kappa shape index (κ1) is 16.4. The second kappa shape index (κ2) is 5.73. The van der Waals surface area contributed by atoms with E-state index in [2.05, 4.69) is 0 Å². The molecule has 2 aliphatic heterocycles. The molecule has 2 heterocycles. The maximum atomic E-state index is 13.2. The van der Waals surface area contributed by atoms with E-state index >= 15 is 0 Å². The molecule has 0 saturated carbocycles. The van der Waals surface area contributed by atoms with Crippen molar-refractivity contribution in [1.29, 1.82) is 0 Å². The summed E-state index contributed by atoms with van der Waals surface area (Å²) in [5, 5.41) is 0. The predicted octanol–water partition coefficient (Wildman–Crippen LogP) is 1.35. The first-order valence-corrected chi connectivity index (χ1v) is 9.04. The molecule has 134 valence electrons. The van der Waals surface area contributed by atoms with Crippen LogP contribution >= 0.6 is 0 Å². The number of esters is 1. The van der Waals surface area contributed by atoms with Crippen LogP contribution in [-0.4, -0.2) is 40.1 Å². The smallest absolute Gasteiger partial charge is 0.337 e. The SMILES string of the molecule is COC(=O)C1C(=O)c2ccccc2S(=O)(=O)N1c1ccc2c(c1)OCO2. The number of Topliss-reactive ketones (excluding diaryl/α,β-unsaturated/α-hetero) is 1. The third-order valence-corrected chi connectivity index (χ3v) is 6.06. The second-order valence-electron chi connectivity index (χ2n) is 5.62. The Balaban J connectivity index is 1.95. The van der Waals surface area contributed by atoms with Crippen molar-refractivity contribution in [2.24, 2.45) is 0 Å². The Labute approximate surface area is 148 Å². The van der Waals surface area contributed by atoms with Gasteiger partial charge in [0.1, 0.15) is 0 Å². The molecule has 0 aliphatic carbocycles. The number of ketones is 1. The van der Waals surface area contributed by atoms with Gasteiger partial charge in [-0.1, -0.05) is 12.1 Å². The van der Waals surface area contributed by atoms with Gasteiger partial charge in [0.2, 0.25) is 12.8 Å². The molecule has 4 rings (SSSR count). The Morgan fingerprint density at radius 3 is 2.65 bits per heavy atom. The molecule has 2 aromatic carbocycles. The number of anilines is 1. The van der Waals surface area contributed by atoms with Crippen molar-refractivity contribution >= 4 is 27.5 Å². The summed E-state index contributed by atoms with van der Waals surface area (Å²) in [6.07, 6.45) is 0. The molecular formula is C17H13NO7S. The molecule has 1 unspecified atom stereocenters. The summed E-state index contributed by atoms with van der Waals surface area (Å²) in [5.74, 6) is -0.845. The molecule has 8 nitrogen and oxygen atoms in total. The minimum absolute atomic E-state index is 0.00767. The summed E-state index contributed by atoms with van der Waals surface area (Å²) in [4.78, 5) is 25.0. The second-order valence-corrected chi connectivity index (χ2v) is 7.41. The normalized spacial score (nSPS) is 19.8. The third kappa shape index (κ3) is 2.24. The molecule has 9 heteroatoms. The molecule has 0 bridgehead atoms. The third-order valence-electron chi connectivity index (χ3n) is 4.21. The molecule has 2 aliphatic rings. The number of rotatable bonds is 2. The highest BCUT2D eigenvalue weighted by Gasteiger charge is 2.48. The zero-order valence-electron chi connectivity index (χ0n) is 13.5. The van der Waals surface area contributed by atoms with Gasteiger partial charge in [-0.05, 0) is 24.3 Å². The van der Waals surface area contributed by atoms with E-state index in [1.165, 1.54) is 42.5 Å². The number of benzene rings is 2. The van der Waals surface area contributed by atoms with Gasteiger partial charge < -0.3 is 14.2 Å². The number of ether oxygens (including phenoxy) is 3. The molecule has 0 N–H and O–H groups in total. The number of fused-ring (bicyclic) bond motifs is 2. The van der Waals surface area contributed by atoms with Crippen LogP contribution in [0, 0.1) is 0 Å². The monoisotopic (exact) mass is 375 g/mol.